The second kappa shape index (κ2) is 7.97. The zero-order valence-electron chi connectivity index (χ0n) is 15.0. The Labute approximate surface area is 133 Å². The molecule has 1 saturated carbocycles. The van der Waals surface area contributed by atoms with E-state index >= 15 is 0 Å². The van der Waals surface area contributed by atoms with Gasteiger partial charge in [0.2, 0.25) is 0 Å². The lowest BCUT2D eigenvalue weighted by Crippen LogP contribution is -2.63. The second-order valence-electron chi connectivity index (χ2n) is 7.64. The number of nitrogens with zero attached hydrogens (tertiary/aromatic N) is 1. The fourth-order valence-electron chi connectivity index (χ4n) is 5.21. The van der Waals surface area contributed by atoms with Crippen LogP contribution in [0.25, 0.3) is 0 Å². The van der Waals surface area contributed by atoms with Gasteiger partial charge in [-0.1, -0.05) is 46.0 Å². The molecule has 0 spiro atoms. The van der Waals surface area contributed by atoms with Crippen LogP contribution in [0.5, 0.6) is 0 Å². The molecular formula is C19H38N2. The van der Waals surface area contributed by atoms with Crippen LogP contribution in [0, 0.1) is 11.8 Å². The van der Waals surface area contributed by atoms with Crippen LogP contribution in [-0.4, -0.2) is 36.6 Å². The Morgan fingerprint density at radius 1 is 1.05 bits per heavy atom. The molecule has 2 fully saturated rings. The van der Waals surface area contributed by atoms with E-state index in [9.17, 15) is 0 Å². The standard InChI is InChI=1S/C19H38N2/c1-5-16-12-8-9-13-17(16)18(20-4)19(3,6-2)21-14-10-7-11-15-21/h16-18,20H,5-15H2,1-4H3. The highest BCUT2D eigenvalue weighted by atomic mass is 15.2. The predicted molar refractivity (Wildman–Crippen MR) is 92.7 cm³/mol. The van der Waals surface area contributed by atoms with E-state index in [2.05, 4.69) is 38.0 Å². The van der Waals surface area contributed by atoms with Crippen molar-refractivity contribution in [3.63, 3.8) is 0 Å². The van der Waals surface area contributed by atoms with E-state index in [0.29, 0.717) is 11.6 Å². The second-order valence-corrected chi connectivity index (χ2v) is 7.64. The number of likely N-dealkylation sites (tertiary alicyclic amines) is 1. The van der Waals surface area contributed by atoms with Gasteiger partial charge in [0, 0.05) is 11.6 Å². The predicted octanol–water partition coefficient (Wildman–Crippen LogP) is 4.45. The number of rotatable bonds is 6. The molecule has 1 saturated heterocycles. The summed E-state index contributed by atoms with van der Waals surface area (Å²) < 4.78 is 0. The van der Waals surface area contributed by atoms with Gasteiger partial charge in [-0.3, -0.25) is 4.90 Å². The van der Waals surface area contributed by atoms with Crippen LogP contribution < -0.4 is 5.32 Å². The van der Waals surface area contributed by atoms with Gasteiger partial charge in [0.05, 0.1) is 0 Å². The van der Waals surface area contributed by atoms with E-state index in [0.717, 1.165) is 11.8 Å². The van der Waals surface area contributed by atoms with Crippen LogP contribution in [0.1, 0.15) is 78.6 Å². The Balaban J connectivity index is 2.18. The number of hydrogen-bond donors (Lipinski definition) is 1. The minimum absolute atomic E-state index is 0.338. The van der Waals surface area contributed by atoms with Gasteiger partial charge in [0.1, 0.15) is 0 Å². The van der Waals surface area contributed by atoms with Crippen LogP contribution in [0.4, 0.5) is 0 Å². The van der Waals surface area contributed by atoms with Crippen molar-refractivity contribution in [2.45, 2.75) is 90.1 Å². The Morgan fingerprint density at radius 3 is 2.29 bits per heavy atom. The SMILES string of the molecule is CCC1CCCCC1C(NC)C(C)(CC)N1CCCCC1. The van der Waals surface area contributed by atoms with Crippen molar-refractivity contribution in [2.75, 3.05) is 20.1 Å². The Morgan fingerprint density at radius 2 is 1.71 bits per heavy atom. The number of nitrogens with one attached hydrogen (secondary N) is 1. The van der Waals surface area contributed by atoms with Gasteiger partial charge in [-0.05, 0) is 64.6 Å². The van der Waals surface area contributed by atoms with Crippen molar-refractivity contribution in [1.82, 2.24) is 10.2 Å². The third-order valence-electron chi connectivity index (χ3n) is 6.70. The van der Waals surface area contributed by atoms with Crippen molar-refractivity contribution < 1.29 is 0 Å². The van der Waals surface area contributed by atoms with E-state index < -0.39 is 0 Å². The van der Waals surface area contributed by atoms with Crippen molar-refractivity contribution in [2.24, 2.45) is 11.8 Å². The molecule has 1 aliphatic carbocycles. The van der Waals surface area contributed by atoms with E-state index in [-0.39, 0.29) is 0 Å². The van der Waals surface area contributed by atoms with Gasteiger partial charge >= 0.3 is 0 Å². The average Bonchev–Trinajstić information content (AvgIpc) is 2.56. The van der Waals surface area contributed by atoms with Crippen LogP contribution >= 0.6 is 0 Å². The lowest BCUT2D eigenvalue weighted by atomic mass is 9.67. The zero-order chi connectivity index (χ0) is 15.3. The molecule has 21 heavy (non-hydrogen) atoms. The third-order valence-corrected chi connectivity index (χ3v) is 6.70. The molecule has 2 rings (SSSR count). The van der Waals surface area contributed by atoms with Crippen LogP contribution in [0.3, 0.4) is 0 Å². The van der Waals surface area contributed by atoms with Gasteiger partial charge < -0.3 is 5.32 Å². The summed E-state index contributed by atoms with van der Waals surface area (Å²) in [6, 6.07) is 0.658. The maximum Gasteiger partial charge on any atom is 0.0334 e. The first kappa shape index (κ1) is 17.3. The summed E-state index contributed by atoms with van der Waals surface area (Å²) in [4.78, 5) is 2.82. The molecule has 0 aromatic heterocycles. The first-order valence-electron chi connectivity index (χ1n) is 9.59. The van der Waals surface area contributed by atoms with Crippen LogP contribution in [-0.2, 0) is 0 Å². The topological polar surface area (TPSA) is 15.3 Å². The van der Waals surface area contributed by atoms with Crippen molar-refractivity contribution >= 4 is 0 Å². The van der Waals surface area contributed by atoms with Gasteiger partial charge in [0.15, 0.2) is 0 Å². The maximum absolute atomic E-state index is 3.78. The lowest BCUT2D eigenvalue weighted by molar-refractivity contribution is 0.00437. The molecule has 124 valence electrons. The first-order valence-corrected chi connectivity index (χ1v) is 9.59. The highest BCUT2D eigenvalue weighted by Crippen LogP contribution is 2.40. The zero-order valence-corrected chi connectivity index (χ0v) is 15.0. The van der Waals surface area contributed by atoms with E-state index in [4.69, 9.17) is 0 Å². The van der Waals surface area contributed by atoms with Gasteiger partial charge in [-0.25, -0.2) is 0 Å². The monoisotopic (exact) mass is 294 g/mol. The largest absolute Gasteiger partial charge is 0.315 e. The molecule has 0 aromatic rings. The minimum Gasteiger partial charge on any atom is -0.315 e. The Bertz CT molecular complexity index is 298. The van der Waals surface area contributed by atoms with E-state index in [1.54, 1.807) is 0 Å². The van der Waals surface area contributed by atoms with Gasteiger partial charge in [-0.2, -0.15) is 0 Å². The van der Waals surface area contributed by atoms with Crippen molar-refractivity contribution in [3.8, 4) is 0 Å². The summed E-state index contributed by atoms with van der Waals surface area (Å²) in [6.07, 6.45) is 12.7. The van der Waals surface area contributed by atoms with Crippen LogP contribution in [0.15, 0.2) is 0 Å². The molecule has 1 heterocycles. The van der Waals surface area contributed by atoms with Crippen molar-refractivity contribution in [1.29, 1.82) is 0 Å². The molecule has 1 N–H and O–H groups in total. The molecule has 0 amide bonds. The average molecular weight is 295 g/mol. The molecule has 0 radical (unpaired) electrons. The quantitative estimate of drug-likeness (QED) is 0.779. The lowest BCUT2D eigenvalue weighted by Gasteiger charge is -2.52. The Kier molecular flexibility index (Phi) is 6.55. The summed E-state index contributed by atoms with van der Waals surface area (Å²) in [5.41, 5.74) is 0.338. The molecule has 0 aromatic carbocycles. The van der Waals surface area contributed by atoms with E-state index in [1.165, 1.54) is 70.9 Å². The summed E-state index contributed by atoms with van der Waals surface area (Å²) in [6.45, 7) is 9.97. The van der Waals surface area contributed by atoms with E-state index in [1.807, 2.05) is 0 Å². The highest BCUT2D eigenvalue weighted by Gasteiger charge is 2.44. The summed E-state index contributed by atoms with van der Waals surface area (Å²) >= 11 is 0. The molecule has 4 atom stereocenters. The molecule has 4 unspecified atom stereocenters. The van der Waals surface area contributed by atoms with Crippen LogP contribution in [0.2, 0.25) is 0 Å². The molecule has 2 nitrogen and oxygen atoms in total. The molecule has 0 bridgehead atoms. The fourth-order valence-corrected chi connectivity index (χ4v) is 5.21. The smallest absolute Gasteiger partial charge is 0.0334 e. The van der Waals surface area contributed by atoms with Gasteiger partial charge in [0.25, 0.3) is 0 Å². The molecule has 1 aliphatic heterocycles. The number of likely N-dealkylation sites (N-methyl/N-ethyl adjacent to an activating group) is 1. The highest BCUT2D eigenvalue weighted by molar-refractivity contribution is 5.01. The maximum atomic E-state index is 3.78. The molecule has 2 heteroatoms. The molecule has 2 aliphatic rings. The van der Waals surface area contributed by atoms with Gasteiger partial charge in [-0.15, -0.1) is 0 Å². The number of piperidine rings is 1. The minimum atomic E-state index is 0.338. The molecular weight excluding hydrogens is 256 g/mol. The Hall–Kier alpha value is -0.0800. The summed E-state index contributed by atoms with van der Waals surface area (Å²) in [5.74, 6) is 1.81. The third kappa shape index (κ3) is 3.64. The fraction of sp³-hybridized carbons (Fsp3) is 1.00. The van der Waals surface area contributed by atoms with Crippen molar-refractivity contribution in [3.05, 3.63) is 0 Å². The summed E-state index contributed by atoms with van der Waals surface area (Å²) in [7, 11) is 2.21. The normalized spacial score (nSPS) is 32.6. The summed E-state index contributed by atoms with van der Waals surface area (Å²) in [5, 5.41) is 3.78. The number of hydrogen-bond acceptors (Lipinski definition) is 2. The first-order chi connectivity index (χ1) is 10.2.